The molecule has 0 bridgehead atoms. The van der Waals surface area contributed by atoms with E-state index in [9.17, 15) is 18.0 Å². The van der Waals surface area contributed by atoms with Crippen LogP contribution in [0.15, 0.2) is 42.5 Å². The lowest BCUT2D eigenvalue weighted by atomic mass is 10.1. The lowest BCUT2D eigenvalue weighted by Gasteiger charge is -2.15. The average Bonchev–Trinajstić information content (AvgIpc) is 2.54. The molecule has 0 radical (unpaired) electrons. The second kappa shape index (κ2) is 6.70. The first-order valence-corrected chi connectivity index (χ1v) is 6.61. The topological polar surface area (TPSA) is 61.5 Å². The number of alkyl halides is 3. The number of ether oxygens (including phenoxy) is 2. The van der Waals surface area contributed by atoms with E-state index < -0.39 is 23.5 Å². The van der Waals surface area contributed by atoms with Crippen LogP contribution in [0.4, 0.5) is 13.2 Å². The molecule has 23 heavy (non-hydrogen) atoms. The number of esters is 1. The van der Waals surface area contributed by atoms with Gasteiger partial charge in [0.25, 0.3) is 0 Å². The summed E-state index contributed by atoms with van der Waals surface area (Å²) in [6, 6.07) is 9.37. The molecule has 0 saturated heterocycles. The van der Waals surface area contributed by atoms with Gasteiger partial charge in [-0.15, -0.1) is 0 Å². The zero-order valence-electron chi connectivity index (χ0n) is 12.2. The summed E-state index contributed by atoms with van der Waals surface area (Å²) in [7, 11) is 1.10. The lowest BCUT2D eigenvalue weighted by molar-refractivity contribution is -0.138. The summed E-state index contributed by atoms with van der Waals surface area (Å²) in [5.74, 6) is -1.02. The van der Waals surface area contributed by atoms with Crippen molar-refractivity contribution in [2.45, 2.75) is 12.7 Å². The van der Waals surface area contributed by atoms with E-state index in [1.54, 1.807) is 12.1 Å². The Morgan fingerprint density at radius 2 is 1.78 bits per heavy atom. The van der Waals surface area contributed by atoms with E-state index in [2.05, 4.69) is 4.74 Å². The van der Waals surface area contributed by atoms with Crippen molar-refractivity contribution in [1.82, 2.24) is 0 Å². The summed E-state index contributed by atoms with van der Waals surface area (Å²) in [4.78, 5) is 11.4. The van der Waals surface area contributed by atoms with E-state index in [0.29, 0.717) is 12.6 Å². The van der Waals surface area contributed by atoms with Crippen molar-refractivity contribution in [3.63, 3.8) is 0 Å². The van der Waals surface area contributed by atoms with E-state index in [1.807, 2.05) is 0 Å². The summed E-state index contributed by atoms with van der Waals surface area (Å²) in [5.41, 5.74) is 5.03. The summed E-state index contributed by atoms with van der Waals surface area (Å²) in [5, 5.41) is 0. The smallest absolute Gasteiger partial charge is 0.420 e. The molecule has 0 spiro atoms. The minimum Gasteiger partial charge on any atom is -0.465 e. The van der Waals surface area contributed by atoms with Crippen molar-refractivity contribution in [3.05, 3.63) is 59.2 Å². The first kappa shape index (κ1) is 16.8. The number of nitrogens with two attached hydrogens (primary N) is 1. The minimum atomic E-state index is -4.67. The van der Waals surface area contributed by atoms with Gasteiger partial charge in [-0.1, -0.05) is 12.1 Å². The first-order chi connectivity index (χ1) is 10.8. The largest absolute Gasteiger partial charge is 0.465 e. The standard InChI is InChI=1S/C16H14F3NO3/c1-22-15(21)11-4-7-14(13(8-11)16(17,18)19)23-12-5-2-10(9-20)3-6-12/h2-8H,9,20H2,1H3. The Kier molecular flexibility index (Phi) is 4.90. The van der Waals surface area contributed by atoms with Crippen molar-refractivity contribution >= 4 is 5.97 Å². The molecule has 0 aromatic heterocycles. The summed E-state index contributed by atoms with van der Waals surface area (Å²) in [6.45, 7) is 0.321. The molecule has 2 aromatic carbocycles. The number of methoxy groups -OCH3 is 1. The third kappa shape index (κ3) is 4.01. The maximum absolute atomic E-state index is 13.2. The summed E-state index contributed by atoms with van der Waals surface area (Å²) < 4.78 is 49.2. The Morgan fingerprint density at radius 3 is 2.30 bits per heavy atom. The molecule has 4 nitrogen and oxygen atoms in total. The predicted molar refractivity (Wildman–Crippen MR) is 77.2 cm³/mol. The van der Waals surface area contributed by atoms with Gasteiger partial charge in [0.15, 0.2) is 0 Å². The molecular formula is C16H14F3NO3. The maximum atomic E-state index is 13.2. The minimum absolute atomic E-state index is 0.203. The molecule has 0 aliphatic carbocycles. The molecule has 2 aromatic rings. The Morgan fingerprint density at radius 1 is 1.13 bits per heavy atom. The van der Waals surface area contributed by atoms with Gasteiger partial charge < -0.3 is 15.2 Å². The zero-order chi connectivity index (χ0) is 17.0. The Hall–Kier alpha value is -2.54. The highest BCUT2D eigenvalue weighted by Crippen LogP contribution is 2.38. The van der Waals surface area contributed by atoms with E-state index in [-0.39, 0.29) is 11.3 Å². The molecule has 0 saturated carbocycles. The highest BCUT2D eigenvalue weighted by molar-refractivity contribution is 5.89. The number of rotatable bonds is 4. The van der Waals surface area contributed by atoms with Crippen molar-refractivity contribution in [3.8, 4) is 11.5 Å². The average molecular weight is 325 g/mol. The highest BCUT2D eigenvalue weighted by Gasteiger charge is 2.35. The third-order valence-corrected chi connectivity index (χ3v) is 3.09. The SMILES string of the molecule is COC(=O)c1ccc(Oc2ccc(CN)cc2)c(C(F)(F)F)c1. The van der Waals surface area contributed by atoms with Crippen LogP contribution in [0.3, 0.4) is 0 Å². The Balaban J connectivity index is 2.38. The molecule has 0 heterocycles. The van der Waals surface area contributed by atoms with Crippen LogP contribution in [0.1, 0.15) is 21.5 Å². The lowest BCUT2D eigenvalue weighted by Crippen LogP contribution is -2.10. The van der Waals surface area contributed by atoms with Gasteiger partial charge >= 0.3 is 12.1 Å². The Labute approximate surface area is 130 Å². The van der Waals surface area contributed by atoms with Gasteiger partial charge in [0.2, 0.25) is 0 Å². The van der Waals surface area contributed by atoms with Crippen LogP contribution in [0, 0.1) is 0 Å². The quantitative estimate of drug-likeness (QED) is 0.870. The molecule has 122 valence electrons. The number of halogens is 3. The van der Waals surface area contributed by atoms with Crippen LogP contribution in [-0.2, 0) is 17.5 Å². The Bertz CT molecular complexity index is 697. The van der Waals surface area contributed by atoms with Gasteiger partial charge in [-0.25, -0.2) is 4.79 Å². The van der Waals surface area contributed by atoms with E-state index in [1.165, 1.54) is 18.2 Å². The zero-order valence-corrected chi connectivity index (χ0v) is 12.2. The van der Waals surface area contributed by atoms with Gasteiger partial charge in [-0.2, -0.15) is 13.2 Å². The van der Waals surface area contributed by atoms with Crippen LogP contribution >= 0.6 is 0 Å². The van der Waals surface area contributed by atoms with Crippen LogP contribution in [0.2, 0.25) is 0 Å². The predicted octanol–water partition coefficient (Wildman–Crippen LogP) is 3.74. The molecule has 2 N–H and O–H groups in total. The van der Waals surface area contributed by atoms with Crippen LogP contribution in [-0.4, -0.2) is 13.1 Å². The second-order valence-electron chi connectivity index (χ2n) is 4.65. The van der Waals surface area contributed by atoms with Crippen LogP contribution in [0.5, 0.6) is 11.5 Å². The monoisotopic (exact) mass is 325 g/mol. The molecule has 0 atom stereocenters. The van der Waals surface area contributed by atoms with Gasteiger partial charge in [0, 0.05) is 6.54 Å². The summed E-state index contributed by atoms with van der Waals surface area (Å²) in [6.07, 6.45) is -4.67. The number of carbonyl (C=O) groups excluding carboxylic acids is 1. The second-order valence-corrected chi connectivity index (χ2v) is 4.65. The molecule has 0 aliphatic heterocycles. The van der Waals surface area contributed by atoms with Gasteiger partial charge in [-0.3, -0.25) is 0 Å². The molecular weight excluding hydrogens is 311 g/mol. The molecule has 0 fully saturated rings. The van der Waals surface area contributed by atoms with Crippen molar-refractivity contribution in [2.75, 3.05) is 7.11 Å². The number of carbonyl (C=O) groups is 1. The molecule has 0 unspecified atom stereocenters. The number of benzene rings is 2. The molecule has 0 amide bonds. The molecule has 2 rings (SSSR count). The van der Waals surface area contributed by atoms with Crippen LogP contribution < -0.4 is 10.5 Å². The van der Waals surface area contributed by atoms with Crippen molar-refractivity contribution in [2.24, 2.45) is 5.73 Å². The number of hydrogen-bond acceptors (Lipinski definition) is 4. The highest BCUT2D eigenvalue weighted by atomic mass is 19.4. The van der Waals surface area contributed by atoms with Crippen molar-refractivity contribution < 1.29 is 27.4 Å². The van der Waals surface area contributed by atoms with Crippen LogP contribution in [0.25, 0.3) is 0 Å². The molecule has 7 heteroatoms. The maximum Gasteiger partial charge on any atom is 0.420 e. The fourth-order valence-corrected chi connectivity index (χ4v) is 1.91. The fraction of sp³-hybridized carbons (Fsp3) is 0.188. The van der Waals surface area contributed by atoms with Gasteiger partial charge in [0.05, 0.1) is 18.2 Å². The van der Waals surface area contributed by atoms with Gasteiger partial charge in [-0.05, 0) is 35.9 Å². The van der Waals surface area contributed by atoms with E-state index in [4.69, 9.17) is 10.5 Å². The normalized spacial score (nSPS) is 11.2. The fourth-order valence-electron chi connectivity index (χ4n) is 1.91. The van der Waals surface area contributed by atoms with E-state index in [0.717, 1.165) is 18.7 Å². The van der Waals surface area contributed by atoms with Crippen molar-refractivity contribution in [1.29, 1.82) is 0 Å². The third-order valence-electron chi connectivity index (χ3n) is 3.09. The van der Waals surface area contributed by atoms with E-state index >= 15 is 0 Å². The summed E-state index contributed by atoms with van der Waals surface area (Å²) >= 11 is 0. The number of hydrogen-bond donors (Lipinski definition) is 1. The van der Waals surface area contributed by atoms with Gasteiger partial charge in [0.1, 0.15) is 11.5 Å². The first-order valence-electron chi connectivity index (χ1n) is 6.61. The molecule has 0 aliphatic rings.